The van der Waals surface area contributed by atoms with E-state index in [1.54, 1.807) is 6.07 Å². The van der Waals surface area contributed by atoms with Gasteiger partial charge in [0, 0.05) is 11.3 Å². The van der Waals surface area contributed by atoms with E-state index < -0.39 is 5.76 Å². The average Bonchev–Trinajstić information content (AvgIpc) is 2.90. The fourth-order valence-electron chi connectivity index (χ4n) is 2.45. The number of hydrogen-bond donors (Lipinski definition) is 2. The van der Waals surface area contributed by atoms with Crippen molar-refractivity contribution in [2.75, 3.05) is 5.32 Å². The molecule has 0 aliphatic carbocycles. The molecule has 0 fully saturated rings. The number of hydrogen-bond acceptors (Lipinski definition) is 4. The quantitative estimate of drug-likeness (QED) is 0.765. The van der Waals surface area contributed by atoms with Crippen LogP contribution in [0.5, 0.6) is 0 Å². The smallest absolute Gasteiger partial charge is 0.417 e. The summed E-state index contributed by atoms with van der Waals surface area (Å²) in [7, 11) is 0. The topological polar surface area (TPSA) is 71.2 Å². The highest BCUT2D eigenvalue weighted by atomic mass is 16.4. The maximum absolute atomic E-state index is 11.1. The minimum absolute atomic E-state index is 0.114. The minimum atomic E-state index is -0.438. The van der Waals surface area contributed by atoms with Gasteiger partial charge >= 0.3 is 5.76 Å². The number of rotatable bonds is 3. The maximum atomic E-state index is 11.1. The molecule has 1 atom stereocenters. The number of benzene rings is 1. The fourth-order valence-corrected chi connectivity index (χ4v) is 2.45. The van der Waals surface area contributed by atoms with Crippen molar-refractivity contribution in [3.8, 4) is 0 Å². The minimum Gasteiger partial charge on any atom is -0.466 e. The van der Waals surface area contributed by atoms with Gasteiger partial charge in [0.15, 0.2) is 5.58 Å². The van der Waals surface area contributed by atoms with E-state index in [9.17, 15) is 4.79 Å². The van der Waals surface area contributed by atoms with Crippen LogP contribution in [0.4, 0.5) is 5.69 Å². The molecule has 5 heteroatoms. The molecule has 0 saturated heterocycles. The monoisotopic (exact) mass is 272 g/mol. The molecule has 5 nitrogen and oxygen atoms in total. The van der Waals surface area contributed by atoms with Crippen LogP contribution >= 0.6 is 0 Å². The lowest BCUT2D eigenvalue weighted by atomic mass is 10.1. The lowest BCUT2D eigenvalue weighted by molar-refractivity contribution is 0.500. The van der Waals surface area contributed by atoms with E-state index in [0.29, 0.717) is 11.1 Å². The number of fused-ring (bicyclic) bond motifs is 1. The molecule has 1 aromatic carbocycles. The second kappa shape index (κ2) is 4.59. The van der Waals surface area contributed by atoms with Crippen LogP contribution in [-0.2, 0) is 0 Å². The molecular weight excluding hydrogens is 256 g/mol. The molecule has 0 bridgehead atoms. The van der Waals surface area contributed by atoms with Gasteiger partial charge in [-0.2, -0.15) is 0 Å². The fraction of sp³-hybridized carbons (Fsp3) is 0.267. The van der Waals surface area contributed by atoms with Crippen molar-refractivity contribution in [3.05, 3.63) is 51.9 Å². The molecule has 0 amide bonds. The number of aryl methyl sites for hydroxylation is 2. The summed E-state index contributed by atoms with van der Waals surface area (Å²) in [5.41, 5.74) is 3.29. The Bertz CT molecular complexity index is 810. The number of aromatic nitrogens is 1. The van der Waals surface area contributed by atoms with Gasteiger partial charge in [0.2, 0.25) is 0 Å². The third kappa shape index (κ3) is 2.22. The van der Waals surface area contributed by atoms with Gasteiger partial charge in [-0.1, -0.05) is 0 Å². The summed E-state index contributed by atoms with van der Waals surface area (Å²) in [5, 5.41) is 3.39. The van der Waals surface area contributed by atoms with E-state index in [4.69, 9.17) is 8.83 Å². The first kappa shape index (κ1) is 12.6. The van der Waals surface area contributed by atoms with Crippen LogP contribution in [0.3, 0.4) is 0 Å². The number of nitrogens with one attached hydrogen (secondary N) is 2. The van der Waals surface area contributed by atoms with E-state index in [1.165, 1.54) is 0 Å². The number of anilines is 1. The standard InChI is InChI=1S/C15H16N2O3/c1-8-6-12(10(3)19-8)9(2)16-11-4-5-14-13(7-11)17-15(18)20-14/h4-7,9,16H,1-3H3,(H,17,18). The van der Waals surface area contributed by atoms with Crippen LogP contribution < -0.4 is 11.1 Å². The second-order valence-electron chi connectivity index (χ2n) is 4.96. The van der Waals surface area contributed by atoms with Gasteiger partial charge in [-0.25, -0.2) is 4.79 Å². The van der Waals surface area contributed by atoms with Crippen LogP contribution in [0, 0.1) is 13.8 Å². The Morgan fingerprint density at radius 3 is 2.70 bits per heavy atom. The second-order valence-corrected chi connectivity index (χ2v) is 4.96. The predicted octanol–water partition coefficient (Wildman–Crippen LogP) is 3.50. The third-order valence-corrected chi connectivity index (χ3v) is 3.35. The zero-order chi connectivity index (χ0) is 14.3. The van der Waals surface area contributed by atoms with Gasteiger partial charge in [-0.15, -0.1) is 0 Å². The molecule has 20 heavy (non-hydrogen) atoms. The van der Waals surface area contributed by atoms with E-state index in [1.807, 2.05) is 32.0 Å². The van der Waals surface area contributed by atoms with Crippen LogP contribution in [0.25, 0.3) is 11.1 Å². The largest absolute Gasteiger partial charge is 0.466 e. The van der Waals surface area contributed by atoms with Gasteiger partial charge in [0.05, 0.1) is 11.6 Å². The lowest BCUT2D eigenvalue weighted by Crippen LogP contribution is -2.06. The number of aromatic amines is 1. The molecular formula is C15H16N2O3. The summed E-state index contributed by atoms with van der Waals surface area (Å²) in [6.45, 7) is 5.96. The highest BCUT2D eigenvalue weighted by Gasteiger charge is 2.13. The van der Waals surface area contributed by atoms with E-state index in [0.717, 1.165) is 22.8 Å². The Morgan fingerprint density at radius 1 is 1.20 bits per heavy atom. The Morgan fingerprint density at radius 2 is 2.00 bits per heavy atom. The molecule has 0 radical (unpaired) electrons. The number of furan rings is 1. The average molecular weight is 272 g/mol. The van der Waals surface area contributed by atoms with Gasteiger partial charge in [-0.05, 0) is 45.0 Å². The molecule has 3 rings (SSSR count). The van der Waals surface area contributed by atoms with Crippen molar-refractivity contribution in [3.63, 3.8) is 0 Å². The Labute approximate surface area is 115 Å². The van der Waals surface area contributed by atoms with Gasteiger partial charge in [0.25, 0.3) is 0 Å². The normalized spacial score (nSPS) is 12.8. The molecule has 0 aliphatic rings. The van der Waals surface area contributed by atoms with Crippen LogP contribution in [0.1, 0.15) is 30.0 Å². The summed E-state index contributed by atoms with van der Waals surface area (Å²) in [5.74, 6) is 1.38. The predicted molar refractivity (Wildman–Crippen MR) is 77.1 cm³/mol. The molecule has 2 heterocycles. The summed E-state index contributed by atoms with van der Waals surface area (Å²) in [4.78, 5) is 13.8. The van der Waals surface area contributed by atoms with E-state index in [2.05, 4.69) is 17.2 Å². The Kier molecular flexibility index (Phi) is 2.89. The molecule has 0 aliphatic heterocycles. The van der Waals surface area contributed by atoms with Crippen molar-refractivity contribution in [1.29, 1.82) is 0 Å². The van der Waals surface area contributed by atoms with Gasteiger partial charge < -0.3 is 14.2 Å². The SMILES string of the molecule is Cc1cc(C(C)Nc2ccc3oc(=O)[nH]c3c2)c(C)o1. The molecule has 2 N–H and O–H groups in total. The zero-order valence-corrected chi connectivity index (χ0v) is 11.6. The molecule has 2 aromatic heterocycles. The first-order chi connectivity index (χ1) is 9.52. The Balaban J connectivity index is 1.88. The van der Waals surface area contributed by atoms with E-state index in [-0.39, 0.29) is 6.04 Å². The Hall–Kier alpha value is -2.43. The lowest BCUT2D eigenvalue weighted by Gasteiger charge is -2.14. The molecule has 3 aromatic rings. The van der Waals surface area contributed by atoms with Crippen molar-refractivity contribution in [1.82, 2.24) is 4.98 Å². The first-order valence-corrected chi connectivity index (χ1v) is 6.49. The molecule has 1 unspecified atom stereocenters. The molecule has 0 saturated carbocycles. The summed E-state index contributed by atoms with van der Waals surface area (Å²) in [6.07, 6.45) is 0. The zero-order valence-electron chi connectivity index (χ0n) is 11.6. The maximum Gasteiger partial charge on any atom is 0.417 e. The molecule has 0 spiro atoms. The summed E-state index contributed by atoms with van der Waals surface area (Å²) >= 11 is 0. The van der Waals surface area contributed by atoms with Gasteiger partial charge in [-0.3, -0.25) is 4.98 Å². The number of H-pyrrole nitrogens is 1. The van der Waals surface area contributed by atoms with Crippen molar-refractivity contribution >= 4 is 16.8 Å². The summed E-state index contributed by atoms with van der Waals surface area (Å²) < 4.78 is 10.5. The summed E-state index contributed by atoms with van der Waals surface area (Å²) in [6, 6.07) is 7.67. The van der Waals surface area contributed by atoms with Crippen molar-refractivity contribution in [2.45, 2.75) is 26.8 Å². The highest BCUT2D eigenvalue weighted by Crippen LogP contribution is 2.26. The van der Waals surface area contributed by atoms with Crippen LogP contribution in [0.2, 0.25) is 0 Å². The van der Waals surface area contributed by atoms with Crippen LogP contribution in [0.15, 0.2) is 37.9 Å². The van der Waals surface area contributed by atoms with E-state index >= 15 is 0 Å². The van der Waals surface area contributed by atoms with Crippen molar-refractivity contribution in [2.24, 2.45) is 0 Å². The molecule has 104 valence electrons. The highest BCUT2D eigenvalue weighted by molar-refractivity contribution is 5.76. The van der Waals surface area contributed by atoms with Crippen LogP contribution in [-0.4, -0.2) is 4.98 Å². The van der Waals surface area contributed by atoms with Crippen molar-refractivity contribution < 1.29 is 8.83 Å². The number of oxazole rings is 1. The van der Waals surface area contributed by atoms with Gasteiger partial charge in [0.1, 0.15) is 11.5 Å². The first-order valence-electron chi connectivity index (χ1n) is 6.49. The third-order valence-electron chi connectivity index (χ3n) is 3.35.